The number of aliphatic carboxylic acids is 1. The molecule has 1 fully saturated rings. The van der Waals surface area contributed by atoms with E-state index >= 15 is 0 Å². The van der Waals surface area contributed by atoms with Gasteiger partial charge in [0.15, 0.2) is 0 Å². The zero-order valence-corrected chi connectivity index (χ0v) is 23.5. The minimum atomic E-state index is -4.38. The Morgan fingerprint density at radius 2 is 1.36 bits per heavy atom. The van der Waals surface area contributed by atoms with Crippen LogP contribution in [0.5, 0.6) is 0 Å². The van der Waals surface area contributed by atoms with Crippen molar-refractivity contribution in [2.75, 3.05) is 0 Å². The van der Waals surface area contributed by atoms with E-state index in [9.17, 15) is 13.2 Å². The third kappa shape index (κ3) is 11.7. The Labute approximate surface area is 229 Å². The summed E-state index contributed by atoms with van der Waals surface area (Å²) in [7, 11) is 0. The summed E-state index contributed by atoms with van der Waals surface area (Å²) >= 11 is 0. The number of benzene rings is 2. The minimum Gasteiger partial charge on any atom is -0.481 e. The second-order valence-corrected chi connectivity index (χ2v) is 8.25. The van der Waals surface area contributed by atoms with Gasteiger partial charge >= 0.3 is 6.18 Å². The fraction of sp³-hybridized carbons (Fsp3) is 0.387. The van der Waals surface area contributed by atoms with E-state index in [0.29, 0.717) is 22.4 Å². The third-order valence-electron chi connectivity index (χ3n) is 5.42. The van der Waals surface area contributed by atoms with Gasteiger partial charge in [-0.05, 0) is 30.3 Å². The molecule has 0 bridgehead atoms. The molecule has 1 saturated carbocycles. The Bertz CT molecular complexity index is 1200. The van der Waals surface area contributed by atoms with Crippen molar-refractivity contribution in [3.8, 4) is 22.6 Å². The molecule has 0 spiro atoms. The maximum absolute atomic E-state index is 12.8. The van der Waals surface area contributed by atoms with Crippen LogP contribution in [0.2, 0.25) is 0 Å². The summed E-state index contributed by atoms with van der Waals surface area (Å²) in [6.45, 7) is 9.08. The van der Waals surface area contributed by atoms with Crippen LogP contribution in [0, 0.1) is 0 Å². The lowest BCUT2D eigenvalue weighted by Gasteiger charge is -2.05. The Balaban J connectivity index is 0.000000453. The first-order chi connectivity index (χ1) is 18.7. The summed E-state index contributed by atoms with van der Waals surface area (Å²) in [6.07, 6.45) is 6.28. The number of pyridine rings is 1. The van der Waals surface area contributed by atoms with E-state index in [1.165, 1.54) is 44.6 Å². The molecule has 2 heterocycles. The molecule has 39 heavy (non-hydrogen) atoms. The van der Waals surface area contributed by atoms with E-state index in [1.54, 1.807) is 6.20 Å². The first kappa shape index (κ1) is 33.3. The van der Waals surface area contributed by atoms with Gasteiger partial charge in [-0.15, -0.1) is 0 Å². The molecule has 0 saturated heterocycles. The number of imidazole rings is 1. The summed E-state index contributed by atoms with van der Waals surface area (Å²) in [5.74, 6) is -0.346. The molecule has 0 amide bonds. The molecule has 0 aliphatic heterocycles. The summed E-state index contributed by atoms with van der Waals surface area (Å²) in [5, 5.41) is 7.42. The molecule has 212 valence electrons. The molecule has 2 N–H and O–H groups in total. The molecule has 5 nitrogen and oxygen atoms in total. The lowest BCUT2D eigenvalue weighted by Crippen LogP contribution is -2.04. The number of H-pyrrole nitrogens is 1. The molecule has 8 heteroatoms. The van der Waals surface area contributed by atoms with Crippen LogP contribution < -0.4 is 0 Å². The number of carboxylic acid groups (broad SMARTS) is 1. The van der Waals surface area contributed by atoms with Crippen LogP contribution in [0.25, 0.3) is 33.7 Å². The van der Waals surface area contributed by atoms with Gasteiger partial charge in [-0.25, -0.2) is 4.98 Å². The van der Waals surface area contributed by atoms with Crippen LogP contribution in [0.4, 0.5) is 13.2 Å². The predicted octanol–water partition coefficient (Wildman–Crippen LogP) is 9.79. The zero-order chi connectivity index (χ0) is 29.3. The van der Waals surface area contributed by atoms with E-state index in [4.69, 9.17) is 9.90 Å². The maximum atomic E-state index is 12.8. The zero-order valence-electron chi connectivity index (χ0n) is 23.5. The highest BCUT2D eigenvalue weighted by Crippen LogP contribution is 2.31. The normalized spacial score (nSPS) is 12.2. The fourth-order valence-electron chi connectivity index (χ4n) is 3.70. The van der Waals surface area contributed by atoms with Gasteiger partial charge in [0.2, 0.25) is 0 Å². The first-order valence-electron chi connectivity index (χ1n) is 13.5. The molecule has 0 atom stereocenters. The van der Waals surface area contributed by atoms with Gasteiger partial charge in [0.1, 0.15) is 5.82 Å². The van der Waals surface area contributed by atoms with Crippen molar-refractivity contribution in [3.05, 3.63) is 72.4 Å². The molecule has 0 radical (unpaired) electrons. The number of aromatic nitrogens is 3. The van der Waals surface area contributed by atoms with Gasteiger partial charge in [0.05, 0.1) is 22.3 Å². The Hall–Kier alpha value is -3.68. The van der Waals surface area contributed by atoms with Crippen molar-refractivity contribution in [1.29, 1.82) is 0 Å². The predicted molar refractivity (Wildman–Crippen MR) is 153 cm³/mol. The first-order valence-corrected chi connectivity index (χ1v) is 13.5. The van der Waals surface area contributed by atoms with Gasteiger partial charge in [0, 0.05) is 24.2 Å². The van der Waals surface area contributed by atoms with Crippen LogP contribution in [0.1, 0.15) is 78.7 Å². The summed E-state index contributed by atoms with van der Waals surface area (Å²) < 4.78 is 38.4. The summed E-state index contributed by atoms with van der Waals surface area (Å²) in [6, 6.07) is 16.9. The number of nitrogens with zero attached hydrogens (tertiary/aromatic N) is 2. The number of hydrogen-bond donors (Lipinski definition) is 2. The van der Waals surface area contributed by atoms with Crippen LogP contribution in [0.15, 0.2) is 66.9 Å². The van der Waals surface area contributed by atoms with Gasteiger partial charge in [-0.3, -0.25) is 9.78 Å². The molecule has 5 rings (SSSR count). The average molecular weight is 544 g/mol. The number of carbonyl (C=O) groups is 1. The van der Waals surface area contributed by atoms with Crippen molar-refractivity contribution in [2.24, 2.45) is 0 Å². The number of alkyl halides is 3. The topological polar surface area (TPSA) is 78.9 Å². The third-order valence-corrected chi connectivity index (χ3v) is 5.42. The quantitative estimate of drug-likeness (QED) is 0.264. The van der Waals surface area contributed by atoms with Crippen LogP contribution in [-0.4, -0.2) is 26.0 Å². The number of nitrogens with one attached hydrogen (secondary N) is 1. The minimum absolute atomic E-state index is 0.344. The Morgan fingerprint density at radius 3 is 1.82 bits per heavy atom. The second-order valence-electron chi connectivity index (χ2n) is 8.25. The van der Waals surface area contributed by atoms with Crippen molar-refractivity contribution in [1.82, 2.24) is 15.0 Å². The summed E-state index contributed by atoms with van der Waals surface area (Å²) in [4.78, 5) is 20.7. The molecule has 2 aromatic heterocycles. The SMILES string of the molecule is C1CCCCC1.CC.CC.CC(=O)O.FC(F)(F)c1ccc2nc(-c3ccc(-c4ccccc4)nc3)[nH]c2c1. The van der Waals surface area contributed by atoms with E-state index in [2.05, 4.69) is 15.0 Å². The van der Waals surface area contributed by atoms with E-state index in [1.807, 2.05) is 70.2 Å². The van der Waals surface area contributed by atoms with Crippen molar-refractivity contribution in [2.45, 2.75) is 79.3 Å². The van der Waals surface area contributed by atoms with Gasteiger partial charge in [-0.1, -0.05) is 96.6 Å². The lowest BCUT2D eigenvalue weighted by atomic mass is 10.0. The van der Waals surface area contributed by atoms with Crippen LogP contribution >= 0.6 is 0 Å². The highest BCUT2D eigenvalue weighted by molar-refractivity contribution is 5.80. The van der Waals surface area contributed by atoms with Crippen LogP contribution in [-0.2, 0) is 11.0 Å². The van der Waals surface area contributed by atoms with E-state index < -0.39 is 17.7 Å². The molecule has 4 aromatic rings. The Kier molecular flexibility index (Phi) is 15.2. The van der Waals surface area contributed by atoms with E-state index in [0.717, 1.165) is 30.3 Å². The average Bonchev–Trinajstić information content (AvgIpc) is 3.40. The monoisotopic (exact) mass is 543 g/mol. The molecule has 0 unspecified atom stereocenters. The van der Waals surface area contributed by atoms with Crippen molar-refractivity contribution < 1.29 is 23.1 Å². The van der Waals surface area contributed by atoms with Crippen molar-refractivity contribution >= 4 is 17.0 Å². The van der Waals surface area contributed by atoms with Gasteiger partial charge in [0.25, 0.3) is 5.97 Å². The van der Waals surface area contributed by atoms with Crippen molar-refractivity contribution in [3.63, 3.8) is 0 Å². The molecule has 1 aliphatic rings. The maximum Gasteiger partial charge on any atom is 0.416 e. The number of aromatic amines is 1. The highest BCUT2D eigenvalue weighted by atomic mass is 19.4. The Morgan fingerprint density at radius 1 is 0.821 bits per heavy atom. The fourth-order valence-corrected chi connectivity index (χ4v) is 3.70. The molecular weight excluding hydrogens is 503 g/mol. The molecular formula is C31H40F3N3O2. The smallest absolute Gasteiger partial charge is 0.416 e. The number of fused-ring (bicyclic) bond motifs is 1. The number of carboxylic acids is 1. The molecule has 2 aromatic carbocycles. The van der Waals surface area contributed by atoms with E-state index in [-0.39, 0.29) is 0 Å². The number of rotatable bonds is 2. The number of halogens is 3. The standard InChI is InChI=1S/C19H12F3N3.C6H12.C2H4O2.2C2H6/c20-19(21,22)14-7-9-16-17(10-14)25-18(24-16)13-6-8-15(23-11-13)12-4-2-1-3-5-12;1-2-4-6-5-3-1;1-2(3)4;2*1-2/h1-11H,(H,24,25);1-6H2;1H3,(H,3,4);2*1-2H3. The van der Waals surface area contributed by atoms with Gasteiger partial charge < -0.3 is 10.1 Å². The largest absolute Gasteiger partial charge is 0.481 e. The van der Waals surface area contributed by atoms with Crippen LogP contribution in [0.3, 0.4) is 0 Å². The molecule has 1 aliphatic carbocycles. The van der Waals surface area contributed by atoms with Gasteiger partial charge in [-0.2, -0.15) is 13.2 Å². The summed E-state index contributed by atoms with van der Waals surface area (Å²) in [5.41, 5.74) is 2.65. The highest BCUT2D eigenvalue weighted by Gasteiger charge is 2.30. The number of hydrogen-bond acceptors (Lipinski definition) is 3. The second kappa shape index (κ2) is 17.8. The lowest BCUT2D eigenvalue weighted by molar-refractivity contribution is -0.137.